The van der Waals surface area contributed by atoms with E-state index in [1.807, 2.05) is 0 Å². The van der Waals surface area contributed by atoms with Crippen LogP contribution in [-0.2, 0) is 4.79 Å². The van der Waals surface area contributed by atoms with Crippen LogP contribution in [0, 0.1) is 0 Å². The van der Waals surface area contributed by atoms with Gasteiger partial charge >= 0.3 is 6.03 Å². The average molecular weight is 361 g/mol. The van der Waals surface area contributed by atoms with E-state index in [0.717, 1.165) is 0 Å². The summed E-state index contributed by atoms with van der Waals surface area (Å²) in [5.41, 5.74) is 0. The number of carbonyl (C=O) groups is 2. The van der Waals surface area contributed by atoms with Crippen molar-refractivity contribution < 1.29 is 14.7 Å². The SMILES string of the molecule is C[Si](C)(C)C1(CO)C(=O)NC(=O)NC1([Si](C)(C)C)[Si](C)(C)C. The summed E-state index contributed by atoms with van der Waals surface area (Å²) in [5, 5.41) is 15.2. The van der Waals surface area contributed by atoms with Crippen molar-refractivity contribution in [2.75, 3.05) is 6.61 Å². The fourth-order valence-electron chi connectivity index (χ4n) is 4.80. The Morgan fingerprint density at radius 3 is 1.55 bits per heavy atom. The average Bonchev–Trinajstić information content (AvgIpc) is 2.23. The van der Waals surface area contributed by atoms with Gasteiger partial charge in [-0.3, -0.25) is 10.1 Å². The zero-order chi connectivity index (χ0) is 17.8. The quantitative estimate of drug-likeness (QED) is 0.674. The molecule has 0 aromatic carbocycles. The number of hydrogen-bond donors (Lipinski definition) is 3. The summed E-state index contributed by atoms with van der Waals surface area (Å²) in [6.45, 7) is 19.4. The summed E-state index contributed by atoms with van der Waals surface area (Å²) < 4.78 is 0. The second-order valence-corrected chi connectivity index (χ2v) is 25.8. The minimum Gasteiger partial charge on any atom is -0.395 e. The first-order valence-corrected chi connectivity index (χ1v) is 18.3. The molecule has 3 amide bonds. The minimum absolute atomic E-state index is 0.205. The lowest BCUT2D eigenvalue weighted by atomic mass is 10.1. The second-order valence-electron chi connectivity index (χ2n) is 9.47. The Bertz CT molecular complexity index is 475. The third-order valence-electron chi connectivity index (χ3n) is 5.32. The number of imide groups is 1. The number of hydrogen-bond acceptors (Lipinski definition) is 3. The van der Waals surface area contributed by atoms with Crippen LogP contribution in [0.15, 0.2) is 0 Å². The predicted molar refractivity (Wildman–Crippen MR) is 99.2 cm³/mol. The lowest BCUT2D eigenvalue weighted by Crippen LogP contribution is -2.89. The third kappa shape index (κ3) is 2.35. The molecular weight excluding hydrogens is 328 g/mol. The maximum absolute atomic E-state index is 13.1. The van der Waals surface area contributed by atoms with E-state index >= 15 is 0 Å². The highest BCUT2D eigenvalue weighted by molar-refractivity contribution is 7.03. The Hall–Kier alpha value is -0.449. The highest BCUT2D eigenvalue weighted by Gasteiger charge is 2.73. The van der Waals surface area contributed by atoms with Crippen LogP contribution in [0.3, 0.4) is 0 Å². The molecular formula is C14H32N2O3Si3. The first kappa shape index (κ1) is 19.6. The van der Waals surface area contributed by atoms with Gasteiger partial charge in [-0.25, -0.2) is 4.79 Å². The van der Waals surface area contributed by atoms with Crippen LogP contribution >= 0.6 is 0 Å². The van der Waals surface area contributed by atoms with Crippen molar-refractivity contribution >= 4 is 36.2 Å². The molecule has 1 atom stereocenters. The van der Waals surface area contributed by atoms with E-state index in [2.05, 4.69) is 69.6 Å². The number of nitrogens with one attached hydrogen (secondary N) is 2. The maximum atomic E-state index is 13.1. The molecule has 1 fully saturated rings. The first-order chi connectivity index (χ1) is 9.58. The summed E-state index contributed by atoms with van der Waals surface area (Å²) in [4.78, 5) is 24.7. The van der Waals surface area contributed by atoms with Gasteiger partial charge in [-0.05, 0) is 0 Å². The molecule has 1 aliphatic heterocycles. The lowest BCUT2D eigenvalue weighted by Gasteiger charge is -2.66. The number of aliphatic hydroxyl groups is 1. The van der Waals surface area contributed by atoms with E-state index in [-0.39, 0.29) is 12.5 Å². The van der Waals surface area contributed by atoms with Gasteiger partial charge in [0.1, 0.15) is 0 Å². The number of aliphatic hydroxyl groups excluding tert-OH is 1. The van der Waals surface area contributed by atoms with Crippen LogP contribution in [0.4, 0.5) is 4.79 Å². The van der Waals surface area contributed by atoms with Crippen LogP contribution in [0.5, 0.6) is 0 Å². The normalized spacial score (nSPS) is 26.5. The van der Waals surface area contributed by atoms with E-state index in [1.54, 1.807) is 0 Å². The van der Waals surface area contributed by atoms with Gasteiger partial charge in [-0.1, -0.05) is 58.9 Å². The summed E-state index contributed by atoms with van der Waals surface area (Å²) in [6, 6.07) is -0.405. The van der Waals surface area contributed by atoms with E-state index in [1.165, 1.54) is 0 Å². The molecule has 1 saturated heterocycles. The molecule has 0 radical (unpaired) electrons. The maximum Gasteiger partial charge on any atom is 0.321 e. The van der Waals surface area contributed by atoms with Crippen molar-refractivity contribution in [1.82, 2.24) is 10.6 Å². The van der Waals surface area contributed by atoms with E-state index in [4.69, 9.17) is 0 Å². The Morgan fingerprint density at radius 2 is 1.27 bits per heavy atom. The zero-order valence-electron chi connectivity index (χ0n) is 15.5. The van der Waals surface area contributed by atoms with Crippen LogP contribution < -0.4 is 10.6 Å². The van der Waals surface area contributed by atoms with E-state index in [0.29, 0.717) is 0 Å². The highest BCUT2D eigenvalue weighted by atomic mass is 28.4. The summed E-state index contributed by atoms with van der Waals surface area (Å²) in [7, 11) is -6.26. The molecule has 0 aromatic heterocycles. The van der Waals surface area contributed by atoms with Gasteiger partial charge in [-0.15, -0.1) is 0 Å². The summed E-state index contributed by atoms with van der Waals surface area (Å²) in [5.74, 6) is -0.275. The first-order valence-electron chi connectivity index (χ1n) is 7.83. The van der Waals surface area contributed by atoms with Crippen LogP contribution in [-0.4, -0.2) is 52.7 Å². The van der Waals surface area contributed by atoms with E-state index in [9.17, 15) is 14.7 Å². The van der Waals surface area contributed by atoms with Gasteiger partial charge in [0, 0.05) is 4.79 Å². The second kappa shape index (κ2) is 5.29. The smallest absolute Gasteiger partial charge is 0.321 e. The highest BCUT2D eigenvalue weighted by Crippen LogP contribution is 2.56. The van der Waals surface area contributed by atoms with Gasteiger partial charge in [0.15, 0.2) is 0 Å². The summed E-state index contributed by atoms with van der Waals surface area (Å²) >= 11 is 0. The lowest BCUT2D eigenvalue weighted by molar-refractivity contribution is -0.126. The Labute approximate surface area is 137 Å². The number of urea groups is 1. The topological polar surface area (TPSA) is 78.4 Å². The fourth-order valence-corrected chi connectivity index (χ4v) is 24.6. The number of amides is 3. The van der Waals surface area contributed by atoms with Crippen molar-refractivity contribution in [2.45, 2.75) is 68.7 Å². The standard InChI is InChI=1S/C14H32N2O3Si3/c1-20(2,3)13(10-17)11(18)15-12(19)16-14(13,21(4,5)6)22(7,8)9/h17H,10H2,1-9H3,(H2,15,16,18,19). The monoisotopic (exact) mass is 360 g/mol. The van der Waals surface area contributed by atoms with Crippen molar-refractivity contribution in [2.24, 2.45) is 0 Å². The Kier molecular flexibility index (Phi) is 4.71. The Balaban J connectivity index is 3.95. The van der Waals surface area contributed by atoms with Gasteiger partial charge in [0.05, 0.1) is 35.9 Å². The van der Waals surface area contributed by atoms with Crippen LogP contribution in [0.25, 0.3) is 0 Å². The molecule has 0 aliphatic carbocycles. The predicted octanol–water partition coefficient (Wildman–Crippen LogP) is 2.39. The van der Waals surface area contributed by atoms with Gasteiger partial charge in [-0.2, -0.15) is 0 Å². The van der Waals surface area contributed by atoms with Crippen molar-refractivity contribution in [3.63, 3.8) is 0 Å². The molecule has 5 nitrogen and oxygen atoms in total. The number of carbonyl (C=O) groups excluding carboxylic acids is 2. The number of rotatable bonds is 4. The van der Waals surface area contributed by atoms with Gasteiger partial charge < -0.3 is 10.4 Å². The molecule has 1 unspecified atom stereocenters. The summed E-state index contributed by atoms with van der Waals surface area (Å²) in [6.07, 6.45) is 0. The van der Waals surface area contributed by atoms with Crippen LogP contribution in [0.1, 0.15) is 0 Å². The molecule has 1 heterocycles. The van der Waals surface area contributed by atoms with E-state index < -0.39 is 40.1 Å². The minimum atomic E-state index is -2.16. The third-order valence-corrected chi connectivity index (χ3v) is 19.2. The largest absolute Gasteiger partial charge is 0.395 e. The van der Waals surface area contributed by atoms with Crippen molar-refractivity contribution in [3.8, 4) is 0 Å². The molecule has 0 saturated carbocycles. The molecule has 0 bridgehead atoms. The van der Waals surface area contributed by atoms with Crippen molar-refractivity contribution in [1.29, 1.82) is 0 Å². The fraction of sp³-hybridized carbons (Fsp3) is 0.857. The molecule has 22 heavy (non-hydrogen) atoms. The molecule has 3 N–H and O–H groups in total. The van der Waals surface area contributed by atoms with Crippen molar-refractivity contribution in [3.05, 3.63) is 0 Å². The molecule has 128 valence electrons. The molecule has 1 rings (SSSR count). The molecule has 8 heteroatoms. The zero-order valence-corrected chi connectivity index (χ0v) is 18.5. The molecule has 1 aliphatic rings. The van der Waals surface area contributed by atoms with Crippen LogP contribution in [0.2, 0.25) is 64.0 Å². The van der Waals surface area contributed by atoms with Gasteiger partial charge in [0.25, 0.3) is 0 Å². The molecule has 0 spiro atoms. The molecule has 0 aromatic rings. The Morgan fingerprint density at radius 1 is 0.864 bits per heavy atom. The van der Waals surface area contributed by atoms with Gasteiger partial charge in [0.2, 0.25) is 5.91 Å².